The number of fused-ring (bicyclic) bond motifs is 7. The molecule has 0 aliphatic heterocycles. The molecule has 9 atom stereocenters. The van der Waals surface area contributed by atoms with Crippen molar-refractivity contribution in [3.05, 3.63) is 52.3 Å². The van der Waals surface area contributed by atoms with Gasteiger partial charge >= 0.3 is 11.9 Å². The van der Waals surface area contributed by atoms with Gasteiger partial charge in [-0.2, -0.15) is 0 Å². The number of esters is 1. The molecule has 1 aromatic rings. The molecule has 8 unspecified atom stereocenters. The van der Waals surface area contributed by atoms with Crippen LogP contribution in [0.15, 0.2) is 41.6 Å². The summed E-state index contributed by atoms with van der Waals surface area (Å²) in [5.74, 6) is 1.48. The minimum atomic E-state index is -1.13. The Labute approximate surface area is 336 Å². The molecule has 0 spiro atoms. The van der Waals surface area contributed by atoms with E-state index in [-0.39, 0.29) is 53.6 Å². The topological polar surface area (TPSA) is 123 Å². The number of Topliss-reactive ketones (excluding diaryl/α,β-unsaturated/α-hetero) is 1. The molecule has 0 aromatic carbocycles. The quantitative estimate of drug-likeness (QED) is 0.145. The number of allylic oxidation sites excluding steroid dienone is 4. The van der Waals surface area contributed by atoms with Crippen LogP contribution in [0.2, 0.25) is 5.02 Å². The molecule has 9 heteroatoms. The number of aliphatic carboxylic acids is 1. The fraction of sp³-hybridized carbons (Fsp3) is 0.717. The van der Waals surface area contributed by atoms with Crippen molar-refractivity contribution in [2.75, 3.05) is 0 Å². The van der Waals surface area contributed by atoms with Gasteiger partial charge in [-0.15, -0.1) is 0 Å². The predicted molar refractivity (Wildman–Crippen MR) is 219 cm³/mol. The lowest BCUT2D eigenvalue weighted by atomic mass is 9.36. The van der Waals surface area contributed by atoms with E-state index in [1.165, 1.54) is 31.3 Å². The van der Waals surface area contributed by atoms with Crippen molar-refractivity contribution in [2.24, 2.45) is 56.7 Å². The van der Waals surface area contributed by atoms with Gasteiger partial charge in [0.1, 0.15) is 6.10 Å². The van der Waals surface area contributed by atoms with Crippen molar-refractivity contribution in [3.8, 4) is 0 Å². The first kappa shape index (κ1) is 44.7. The number of pyridine rings is 1. The second kappa shape index (κ2) is 16.5. The molecule has 4 saturated carbocycles. The molecule has 2 N–H and O–H groups in total. The third-order valence-electron chi connectivity index (χ3n) is 15.0. The van der Waals surface area contributed by atoms with Crippen LogP contribution in [0.4, 0.5) is 0 Å². The number of carboxylic acid groups (broad SMARTS) is 1. The Morgan fingerprint density at radius 2 is 1.69 bits per heavy atom. The number of halogens is 1. The van der Waals surface area contributed by atoms with E-state index >= 15 is 0 Å². The van der Waals surface area contributed by atoms with Crippen LogP contribution >= 0.6 is 11.6 Å². The van der Waals surface area contributed by atoms with E-state index in [9.17, 15) is 24.3 Å². The summed E-state index contributed by atoms with van der Waals surface area (Å²) < 4.78 is 6.11. The number of ether oxygens (including phenoxy) is 1. The molecule has 1 amide bonds. The maximum absolute atomic E-state index is 13.5. The lowest BCUT2D eigenvalue weighted by molar-refractivity contribution is -0.213. The van der Waals surface area contributed by atoms with Crippen molar-refractivity contribution in [2.45, 2.75) is 153 Å². The molecule has 5 aliphatic rings. The van der Waals surface area contributed by atoms with E-state index in [0.29, 0.717) is 47.3 Å². The molecule has 1 aromatic heterocycles. The first-order chi connectivity index (χ1) is 25.2. The number of ketones is 1. The lowest BCUT2D eigenvalue weighted by Gasteiger charge is -2.68. The Hall–Kier alpha value is -3.00. The van der Waals surface area contributed by atoms with Gasteiger partial charge in [0.05, 0.1) is 28.6 Å². The van der Waals surface area contributed by atoms with E-state index in [1.807, 2.05) is 6.92 Å². The third-order valence-corrected chi connectivity index (χ3v) is 15.2. The number of carbonyl (C=O) groups is 4. The predicted octanol–water partition coefficient (Wildman–Crippen LogP) is 10.7. The number of rotatable bonds is 9. The highest BCUT2D eigenvalue weighted by Gasteiger charge is 2.66. The van der Waals surface area contributed by atoms with Gasteiger partial charge in [-0.25, -0.2) is 0 Å². The zero-order chi connectivity index (χ0) is 40.0. The van der Waals surface area contributed by atoms with Crippen LogP contribution in [0.3, 0.4) is 0 Å². The van der Waals surface area contributed by atoms with Crippen LogP contribution in [0.1, 0.15) is 153 Å². The zero-order valence-corrected chi connectivity index (χ0v) is 35.1. The van der Waals surface area contributed by atoms with E-state index in [2.05, 4.69) is 70.9 Å². The molecule has 306 valence electrons. The average Bonchev–Trinajstić information content (AvgIpc) is 3.38. The molecule has 0 radical (unpaired) electrons. The van der Waals surface area contributed by atoms with Crippen LogP contribution in [0, 0.1) is 56.7 Å². The summed E-state index contributed by atoms with van der Waals surface area (Å²) in [6, 6.07) is 3.45. The number of amides is 1. The van der Waals surface area contributed by atoms with Gasteiger partial charge in [0.25, 0.3) is 0 Å². The van der Waals surface area contributed by atoms with Gasteiger partial charge in [-0.3, -0.25) is 24.2 Å². The number of carbonyl (C=O) groups excluding carboxylic acids is 3. The normalized spacial score (nSPS) is 34.2. The maximum Gasteiger partial charge on any atom is 0.309 e. The second-order valence-corrected chi connectivity index (χ2v) is 19.8. The first-order valence-electron chi connectivity index (χ1n) is 20.3. The van der Waals surface area contributed by atoms with Gasteiger partial charge in [0.15, 0.2) is 5.78 Å². The van der Waals surface area contributed by atoms with Crippen LogP contribution in [-0.2, 0) is 23.9 Å². The van der Waals surface area contributed by atoms with E-state index in [1.54, 1.807) is 32.2 Å². The molecule has 8 nitrogen and oxygen atoms in total. The summed E-state index contributed by atoms with van der Waals surface area (Å²) in [7, 11) is 0. The van der Waals surface area contributed by atoms with E-state index in [0.717, 1.165) is 37.0 Å². The van der Waals surface area contributed by atoms with Crippen LogP contribution in [0.25, 0.3) is 0 Å². The summed E-state index contributed by atoms with van der Waals surface area (Å²) in [6.07, 6.45) is 16.0. The van der Waals surface area contributed by atoms with Gasteiger partial charge in [-0.05, 0) is 143 Å². The molecule has 0 saturated heterocycles. The number of nitrogens with one attached hydrogen (secondary N) is 1. The summed E-state index contributed by atoms with van der Waals surface area (Å²) in [5.41, 5.74) is 2.51. The average molecular weight is 782 g/mol. The fourth-order valence-corrected chi connectivity index (χ4v) is 12.6. The first-order valence-corrected chi connectivity index (χ1v) is 20.7. The largest absolute Gasteiger partial charge is 0.481 e. The Morgan fingerprint density at radius 3 is 2.27 bits per heavy atom. The molecule has 6 rings (SSSR count). The van der Waals surface area contributed by atoms with Crippen molar-refractivity contribution in [3.63, 3.8) is 0 Å². The van der Waals surface area contributed by atoms with Gasteiger partial charge in [0.2, 0.25) is 6.41 Å². The van der Waals surface area contributed by atoms with Crippen molar-refractivity contribution in [1.29, 1.82) is 0 Å². The summed E-state index contributed by atoms with van der Waals surface area (Å²) in [6.45, 7) is 21.3. The fourth-order valence-electron chi connectivity index (χ4n) is 12.5. The van der Waals surface area contributed by atoms with Crippen LogP contribution < -0.4 is 5.32 Å². The third kappa shape index (κ3) is 8.09. The second-order valence-electron chi connectivity index (χ2n) is 19.3. The highest BCUT2D eigenvalue weighted by Crippen LogP contribution is 2.73. The maximum atomic E-state index is 13.5. The SMILES string of the molecule is C.C/C=C/C12CCC3C(CC[C@H]4C3(C)CCC3C(C)(C)C(OC(=O)CC(C)(C)C(=O)O)CCC34C)C1=C(C(C)C)C(=O)C2.CC(NC=O)c1ccc(Cl)cn1. The monoisotopic (exact) mass is 780 g/mol. The van der Waals surface area contributed by atoms with E-state index in [4.69, 9.17) is 16.3 Å². The van der Waals surface area contributed by atoms with Crippen LogP contribution in [-0.4, -0.2) is 40.3 Å². The Bertz CT molecular complexity index is 1660. The highest BCUT2D eigenvalue weighted by atomic mass is 35.5. The Balaban J connectivity index is 0.000000443. The molecule has 4 fully saturated rings. The molecular formula is C46H69ClN2O6. The number of carboxylic acids is 1. The summed E-state index contributed by atoms with van der Waals surface area (Å²) >= 11 is 5.64. The number of hydrogen-bond donors (Lipinski definition) is 2. The minimum Gasteiger partial charge on any atom is -0.481 e. The number of nitrogens with zero attached hydrogens (tertiary/aromatic N) is 1. The highest BCUT2D eigenvalue weighted by molar-refractivity contribution is 6.30. The molecular weight excluding hydrogens is 712 g/mol. The van der Waals surface area contributed by atoms with Gasteiger partial charge in [-0.1, -0.05) is 72.7 Å². The molecule has 55 heavy (non-hydrogen) atoms. The Kier molecular flexibility index (Phi) is 13.4. The summed E-state index contributed by atoms with van der Waals surface area (Å²) in [5, 5.41) is 12.7. The Morgan fingerprint density at radius 1 is 1.02 bits per heavy atom. The molecule has 5 aliphatic carbocycles. The smallest absolute Gasteiger partial charge is 0.309 e. The number of hydrogen-bond acceptors (Lipinski definition) is 6. The van der Waals surface area contributed by atoms with Crippen molar-refractivity contribution in [1.82, 2.24) is 10.3 Å². The van der Waals surface area contributed by atoms with Gasteiger partial charge < -0.3 is 15.2 Å². The van der Waals surface area contributed by atoms with Crippen molar-refractivity contribution >= 4 is 35.7 Å². The van der Waals surface area contributed by atoms with Crippen molar-refractivity contribution < 1.29 is 29.0 Å². The summed E-state index contributed by atoms with van der Waals surface area (Å²) in [4.78, 5) is 52.2. The zero-order valence-electron chi connectivity index (χ0n) is 34.4. The standard InChI is InChI=1S/C37H56O5.C8H9ClN2O.CH4/c1-10-16-37-19-13-24-23(31(37)30(22(2)3)25(38)20-37)11-12-27-35(24,8)17-14-26-34(6,7)28(15-18-36(26,27)9)42-29(39)21-33(4,5)32(40)41;1-6(11-5-12)8-3-2-7(9)4-10-8;/h10,16,22-24,26-28H,11-15,17-21H2,1-9H3,(H,40,41);2-6H,1H3,(H,11,12);1H4/b16-10+;;/t23?,24?,26?,27-,28?,35?,36?,37?;;/m0../s1. The van der Waals surface area contributed by atoms with Gasteiger partial charge in [0, 0.05) is 23.4 Å². The lowest BCUT2D eigenvalue weighted by Crippen LogP contribution is -2.63. The van der Waals surface area contributed by atoms with E-state index < -0.39 is 17.4 Å². The minimum absolute atomic E-state index is 0. The number of aromatic nitrogens is 1. The molecule has 1 heterocycles. The molecule has 0 bridgehead atoms. The van der Waals surface area contributed by atoms with Crippen LogP contribution in [0.5, 0.6) is 0 Å².